The lowest BCUT2D eigenvalue weighted by molar-refractivity contribution is -0.123. The van der Waals surface area contributed by atoms with Gasteiger partial charge in [0.2, 0.25) is 0 Å². The zero-order valence-corrected chi connectivity index (χ0v) is 16.1. The fourth-order valence-electron chi connectivity index (χ4n) is 2.28. The molecule has 0 aliphatic heterocycles. The van der Waals surface area contributed by atoms with Crippen LogP contribution in [0.2, 0.25) is 5.02 Å². The van der Waals surface area contributed by atoms with E-state index in [9.17, 15) is 9.59 Å². The summed E-state index contributed by atoms with van der Waals surface area (Å²) in [6, 6.07) is 9.59. The first kappa shape index (κ1) is 20.4. The highest BCUT2D eigenvalue weighted by molar-refractivity contribution is 6.30. The van der Waals surface area contributed by atoms with E-state index in [0.29, 0.717) is 22.2 Å². The number of halogens is 1. The van der Waals surface area contributed by atoms with Gasteiger partial charge in [0.15, 0.2) is 17.6 Å². The Balaban J connectivity index is 2.14. The van der Waals surface area contributed by atoms with Crippen LogP contribution in [0.5, 0.6) is 17.2 Å². The molecule has 1 amide bonds. The average molecular weight is 394 g/mol. The zero-order chi connectivity index (χ0) is 20.0. The molecule has 8 heteroatoms. The van der Waals surface area contributed by atoms with E-state index in [2.05, 4.69) is 5.32 Å². The monoisotopic (exact) mass is 393 g/mol. The van der Waals surface area contributed by atoms with Crippen LogP contribution in [0.25, 0.3) is 0 Å². The van der Waals surface area contributed by atoms with Gasteiger partial charge in [0.1, 0.15) is 11.3 Å². The first-order valence-electron chi connectivity index (χ1n) is 7.97. The predicted molar refractivity (Wildman–Crippen MR) is 101 cm³/mol. The van der Waals surface area contributed by atoms with Gasteiger partial charge in [-0.3, -0.25) is 4.79 Å². The molecule has 0 aliphatic rings. The minimum atomic E-state index is -1.05. The van der Waals surface area contributed by atoms with Crippen molar-refractivity contribution in [1.82, 2.24) is 0 Å². The van der Waals surface area contributed by atoms with Crippen molar-refractivity contribution >= 4 is 29.2 Å². The van der Waals surface area contributed by atoms with Gasteiger partial charge in [0.25, 0.3) is 5.91 Å². The van der Waals surface area contributed by atoms with Crippen LogP contribution in [0, 0.1) is 0 Å². The second-order valence-corrected chi connectivity index (χ2v) is 5.89. The van der Waals surface area contributed by atoms with Gasteiger partial charge < -0.3 is 24.3 Å². The molecule has 0 unspecified atom stereocenters. The van der Waals surface area contributed by atoms with Crippen molar-refractivity contribution in [3.8, 4) is 17.2 Å². The van der Waals surface area contributed by atoms with Gasteiger partial charge in [0.05, 0.1) is 21.3 Å². The quantitative estimate of drug-likeness (QED) is 0.724. The van der Waals surface area contributed by atoms with Gasteiger partial charge in [-0.1, -0.05) is 17.7 Å². The van der Waals surface area contributed by atoms with Crippen LogP contribution in [0.1, 0.15) is 17.3 Å². The number of carbonyl (C=O) groups excluding carboxylic acids is 2. The van der Waals surface area contributed by atoms with Crippen LogP contribution in [-0.4, -0.2) is 39.3 Å². The summed E-state index contributed by atoms with van der Waals surface area (Å²) in [5, 5.41) is 3.11. The topological polar surface area (TPSA) is 83.1 Å². The predicted octanol–water partition coefficient (Wildman–Crippen LogP) is 3.55. The van der Waals surface area contributed by atoms with E-state index in [4.69, 9.17) is 30.5 Å². The average Bonchev–Trinajstić information content (AvgIpc) is 2.66. The largest absolute Gasteiger partial charge is 0.496 e. The molecule has 0 saturated heterocycles. The van der Waals surface area contributed by atoms with Crippen LogP contribution in [0.15, 0.2) is 36.4 Å². The molecular formula is C19H20ClNO6. The SMILES string of the molecule is COc1cc(OC)c(C(=O)O[C@H](C)C(=O)Nc2cccc(Cl)c2)cc1OC. The fraction of sp³-hybridized carbons (Fsp3) is 0.263. The lowest BCUT2D eigenvalue weighted by Crippen LogP contribution is -2.30. The molecule has 0 fully saturated rings. The van der Waals surface area contributed by atoms with Crippen LogP contribution in [0.4, 0.5) is 5.69 Å². The molecular weight excluding hydrogens is 374 g/mol. The standard InChI is InChI=1S/C19H20ClNO6/c1-11(18(22)21-13-7-5-6-12(20)8-13)27-19(23)14-9-16(25-3)17(26-4)10-15(14)24-2/h5-11H,1-4H3,(H,21,22)/t11-/m1/s1. The number of rotatable bonds is 7. The Morgan fingerprint density at radius 2 is 1.59 bits per heavy atom. The minimum Gasteiger partial charge on any atom is -0.496 e. The Kier molecular flexibility index (Phi) is 6.90. The first-order chi connectivity index (χ1) is 12.9. The zero-order valence-electron chi connectivity index (χ0n) is 15.4. The molecule has 144 valence electrons. The van der Waals surface area contributed by atoms with E-state index in [1.54, 1.807) is 24.3 Å². The number of hydrogen-bond acceptors (Lipinski definition) is 6. The third-order valence-corrected chi connectivity index (χ3v) is 3.91. The highest BCUT2D eigenvalue weighted by Gasteiger charge is 2.23. The molecule has 0 radical (unpaired) electrons. The van der Waals surface area contributed by atoms with Gasteiger partial charge in [-0.05, 0) is 25.1 Å². The van der Waals surface area contributed by atoms with Crippen LogP contribution in [0.3, 0.4) is 0 Å². The summed E-state index contributed by atoms with van der Waals surface area (Å²) in [7, 11) is 4.32. The lowest BCUT2D eigenvalue weighted by atomic mass is 10.1. The highest BCUT2D eigenvalue weighted by Crippen LogP contribution is 2.35. The van der Waals surface area contributed by atoms with E-state index in [1.807, 2.05) is 0 Å². The molecule has 2 rings (SSSR count). The summed E-state index contributed by atoms with van der Waals surface area (Å²) in [6.07, 6.45) is -1.05. The smallest absolute Gasteiger partial charge is 0.342 e. The summed E-state index contributed by atoms with van der Waals surface area (Å²) in [5.74, 6) is -0.259. The molecule has 0 saturated carbocycles. The van der Waals surface area contributed by atoms with E-state index < -0.39 is 18.0 Å². The van der Waals surface area contributed by atoms with E-state index in [0.717, 1.165) is 0 Å². The second-order valence-electron chi connectivity index (χ2n) is 5.45. The highest BCUT2D eigenvalue weighted by atomic mass is 35.5. The maximum Gasteiger partial charge on any atom is 0.342 e. The Morgan fingerprint density at radius 1 is 0.963 bits per heavy atom. The van der Waals surface area contributed by atoms with Crippen molar-refractivity contribution in [2.24, 2.45) is 0 Å². The summed E-state index contributed by atoms with van der Waals surface area (Å²) in [4.78, 5) is 24.8. The number of esters is 1. The second kappa shape index (κ2) is 9.14. The maximum absolute atomic E-state index is 12.5. The van der Waals surface area contributed by atoms with Crippen molar-refractivity contribution < 1.29 is 28.5 Å². The third-order valence-electron chi connectivity index (χ3n) is 3.67. The minimum absolute atomic E-state index is 0.109. The Bertz CT molecular complexity index is 839. The number of amides is 1. The number of nitrogens with one attached hydrogen (secondary N) is 1. The normalized spacial score (nSPS) is 11.3. The molecule has 1 atom stereocenters. The molecule has 2 aromatic rings. The maximum atomic E-state index is 12.5. The van der Waals surface area contributed by atoms with Gasteiger partial charge in [-0.15, -0.1) is 0 Å². The number of carbonyl (C=O) groups is 2. The van der Waals surface area contributed by atoms with Gasteiger partial charge in [0, 0.05) is 22.8 Å². The molecule has 0 aliphatic carbocycles. The molecule has 1 N–H and O–H groups in total. The van der Waals surface area contributed by atoms with Crippen molar-refractivity contribution in [2.45, 2.75) is 13.0 Å². The lowest BCUT2D eigenvalue weighted by Gasteiger charge is -2.16. The van der Waals surface area contributed by atoms with Gasteiger partial charge >= 0.3 is 5.97 Å². The molecule has 2 aromatic carbocycles. The summed E-state index contributed by atoms with van der Waals surface area (Å²) < 4.78 is 20.8. The number of methoxy groups -OCH3 is 3. The van der Waals surface area contributed by atoms with E-state index in [1.165, 1.54) is 40.4 Å². The summed E-state index contributed by atoms with van der Waals surface area (Å²) in [5.41, 5.74) is 0.608. The molecule has 0 heterocycles. The van der Waals surface area contributed by atoms with Crippen LogP contribution in [-0.2, 0) is 9.53 Å². The van der Waals surface area contributed by atoms with Crippen LogP contribution >= 0.6 is 11.6 Å². The number of anilines is 1. The third kappa shape index (κ3) is 5.04. The summed E-state index contributed by atoms with van der Waals surface area (Å²) >= 11 is 5.89. The Hall–Kier alpha value is -2.93. The Labute approximate surface area is 162 Å². The molecule has 0 spiro atoms. The molecule has 27 heavy (non-hydrogen) atoms. The summed E-state index contributed by atoms with van der Waals surface area (Å²) in [6.45, 7) is 1.46. The fourth-order valence-corrected chi connectivity index (χ4v) is 2.47. The number of benzene rings is 2. The first-order valence-corrected chi connectivity index (χ1v) is 8.34. The van der Waals surface area contributed by atoms with E-state index >= 15 is 0 Å². The molecule has 0 bridgehead atoms. The van der Waals surface area contributed by atoms with Crippen molar-refractivity contribution in [1.29, 1.82) is 0 Å². The van der Waals surface area contributed by atoms with E-state index in [-0.39, 0.29) is 11.3 Å². The van der Waals surface area contributed by atoms with Crippen LogP contribution < -0.4 is 19.5 Å². The van der Waals surface area contributed by atoms with Gasteiger partial charge in [-0.25, -0.2) is 4.79 Å². The Morgan fingerprint density at radius 3 is 2.19 bits per heavy atom. The van der Waals surface area contributed by atoms with Crippen molar-refractivity contribution in [3.05, 3.63) is 47.0 Å². The number of ether oxygens (including phenoxy) is 4. The number of hydrogen-bond donors (Lipinski definition) is 1. The van der Waals surface area contributed by atoms with Gasteiger partial charge in [-0.2, -0.15) is 0 Å². The molecule has 0 aromatic heterocycles. The van der Waals surface area contributed by atoms with Crippen molar-refractivity contribution in [3.63, 3.8) is 0 Å². The molecule has 7 nitrogen and oxygen atoms in total. The van der Waals surface area contributed by atoms with Crippen molar-refractivity contribution in [2.75, 3.05) is 26.6 Å².